The van der Waals surface area contributed by atoms with Gasteiger partial charge in [0, 0.05) is 22.2 Å². The first-order chi connectivity index (χ1) is 11.9. The maximum Gasteiger partial charge on any atom is 0.269 e. The monoisotopic (exact) mass is 396 g/mol. The zero-order chi connectivity index (χ0) is 19.3. The lowest BCUT2D eigenvalue weighted by molar-refractivity contribution is 0.480. The molecule has 3 aromatic rings. The largest absolute Gasteiger partial charge is 0.285 e. The summed E-state index contributed by atoms with van der Waals surface area (Å²) < 4.78 is 63.6. The summed E-state index contributed by atoms with van der Waals surface area (Å²) >= 11 is 0. The van der Waals surface area contributed by atoms with Gasteiger partial charge in [-0.3, -0.25) is 19.1 Å². The number of fused-ring (bicyclic) bond motifs is 3. The Labute approximate surface area is 150 Å². The van der Waals surface area contributed by atoms with Gasteiger partial charge in [-0.1, -0.05) is 12.1 Å². The molecule has 0 radical (unpaired) electrons. The first-order valence-corrected chi connectivity index (χ1v) is 10.7. The van der Waals surface area contributed by atoms with E-state index >= 15 is 0 Å². The van der Waals surface area contributed by atoms with Gasteiger partial charge in [-0.15, -0.1) is 0 Å². The molecule has 2 heterocycles. The molecule has 3 rings (SSSR count). The Bertz CT molecular complexity index is 1150. The van der Waals surface area contributed by atoms with Gasteiger partial charge in [0.25, 0.3) is 20.2 Å². The highest BCUT2D eigenvalue weighted by Crippen LogP contribution is 2.29. The average Bonchev–Trinajstić information content (AvgIpc) is 2.43. The van der Waals surface area contributed by atoms with E-state index in [0.717, 1.165) is 0 Å². The molecule has 0 saturated heterocycles. The Hall–Kier alpha value is -2.14. The minimum absolute atomic E-state index is 0.372. The van der Waals surface area contributed by atoms with Crippen LogP contribution in [0, 0.1) is 13.8 Å². The van der Waals surface area contributed by atoms with Gasteiger partial charge in [0.15, 0.2) is 0 Å². The summed E-state index contributed by atoms with van der Waals surface area (Å²) in [6.07, 6.45) is 0. The van der Waals surface area contributed by atoms with Gasteiger partial charge in [0.05, 0.1) is 11.0 Å². The minimum atomic E-state index is -4.24. The molecule has 26 heavy (non-hydrogen) atoms. The van der Waals surface area contributed by atoms with Crippen LogP contribution in [-0.4, -0.2) is 35.9 Å². The molecule has 0 aliphatic rings. The Balaban J connectivity index is 2.39. The third-order valence-corrected chi connectivity index (χ3v) is 5.21. The fraction of sp³-hybridized carbons (Fsp3) is 0.250. The number of hydrogen-bond donors (Lipinski definition) is 2. The number of benzene rings is 1. The maximum absolute atomic E-state index is 11.3. The standard InChI is InChI=1S/C16H16N2O6S2/c1-9-5-11(7-25(19,20)21)13-3-4-14-12(8-26(22,23)24)6-10(2)18-16(14)15(13)17-9/h3-6H,7-8H2,1-2H3,(H,19,20,21)(H,22,23,24). The zero-order valence-corrected chi connectivity index (χ0v) is 15.6. The van der Waals surface area contributed by atoms with Gasteiger partial charge in [0.2, 0.25) is 0 Å². The molecule has 2 aromatic heterocycles. The molecule has 2 N–H and O–H groups in total. The van der Waals surface area contributed by atoms with Crippen LogP contribution in [0.2, 0.25) is 0 Å². The molecule has 8 nitrogen and oxygen atoms in total. The molecule has 0 bridgehead atoms. The zero-order valence-electron chi connectivity index (χ0n) is 14.0. The predicted molar refractivity (Wildman–Crippen MR) is 97.0 cm³/mol. The first kappa shape index (κ1) is 18.6. The van der Waals surface area contributed by atoms with E-state index in [2.05, 4.69) is 9.97 Å². The predicted octanol–water partition coefficient (Wildman–Crippen LogP) is 2.18. The second-order valence-electron chi connectivity index (χ2n) is 6.16. The van der Waals surface area contributed by atoms with Crippen molar-refractivity contribution in [2.75, 3.05) is 0 Å². The van der Waals surface area contributed by atoms with E-state index in [-0.39, 0.29) is 0 Å². The molecule has 0 aliphatic heterocycles. The van der Waals surface area contributed by atoms with Crippen LogP contribution in [0.4, 0.5) is 0 Å². The van der Waals surface area contributed by atoms with E-state index in [9.17, 15) is 25.9 Å². The molecule has 0 unspecified atom stereocenters. The molecule has 0 atom stereocenters. The van der Waals surface area contributed by atoms with Crippen molar-refractivity contribution in [3.63, 3.8) is 0 Å². The van der Waals surface area contributed by atoms with Crippen LogP contribution in [0.15, 0.2) is 24.3 Å². The quantitative estimate of drug-likeness (QED) is 0.506. The van der Waals surface area contributed by atoms with Gasteiger partial charge in [-0.2, -0.15) is 16.8 Å². The van der Waals surface area contributed by atoms with Gasteiger partial charge < -0.3 is 0 Å². The number of aryl methyl sites for hydroxylation is 2. The normalized spacial score (nSPS) is 12.8. The maximum atomic E-state index is 11.3. The minimum Gasteiger partial charge on any atom is -0.285 e. The van der Waals surface area contributed by atoms with Crippen LogP contribution in [0.25, 0.3) is 21.8 Å². The lowest BCUT2D eigenvalue weighted by Crippen LogP contribution is -2.05. The number of hydrogen-bond acceptors (Lipinski definition) is 6. The Morgan fingerprint density at radius 2 is 1.12 bits per heavy atom. The second-order valence-corrected chi connectivity index (χ2v) is 9.06. The van der Waals surface area contributed by atoms with E-state index in [1.807, 2.05) is 0 Å². The van der Waals surface area contributed by atoms with Gasteiger partial charge in [-0.25, -0.2) is 0 Å². The van der Waals surface area contributed by atoms with E-state index in [4.69, 9.17) is 0 Å². The van der Waals surface area contributed by atoms with Crippen LogP contribution >= 0.6 is 0 Å². The van der Waals surface area contributed by atoms with Crippen LogP contribution < -0.4 is 0 Å². The van der Waals surface area contributed by atoms with Crippen molar-refractivity contribution >= 4 is 42.0 Å². The molecular weight excluding hydrogens is 380 g/mol. The van der Waals surface area contributed by atoms with Crippen molar-refractivity contribution in [3.8, 4) is 0 Å². The van der Waals surface area contributed by atoms with Crippen molar-refractivity contribution in [1.29, 1.82) is 0 Å². The smallest absolute Gasteiger partial charge is 0.269 e. The summed E-state index contributed by atoms with van der Waals surface area (Å²) in [4.78, 5) is 8.84. The summed E-state index contributed by atoms with van der Waals surface area (Å²) in [5.74, 6) is -1.13. The summed E-state index contributed by atoms with van der Waals surface area (Å²) in [6.45, 7) is 3.36. The summed E-state index contributed by atoms with van der Waals surface area (Å²) in [6, 6.07) is 6.35. The second kappa shape index (κ2) is 6.23. The lowest BCUT2D eigenvalue weighted by atomic mass is 10.0. The van der Waals surface area contributed by atoms with Crippen molar-refractivity contribution < 1.29 is 25.9 Å². The van der Waals surface area contributed by atoms with Crippen LogP contribution in [0.3, 0.4) is 0 Å². The Morgan fingerprint density at radius 1 is 0.769 bits per heavy atom. The lowest BCUT2D eigenvalue weighted by Gasteiger charge is -2.12. The molecular formula is C16H16N2O6S2. The van der Waals surface area contributed by atoms with Gasteiger partial charge in [0.1, 0.15) is 11.5 Å². The molecule has 1 aromatic carbocycles. The highest BCUT2D eigenvalue weighted by Gasteiger charge is 2.17. The fourth-order valence-corrected chi connectivity index (χ4v) is 4.30. The van der Waals surface area contributed by atoms with Crippen LogP contribution in [0.5, 0.6) is 0 Å². The van der Waals surface area contributed by atoms with Crippen molar-refractivity contribution in [2.45, 2.75) is 25.4 Å². The number of pyridine rings is 2. The SMILES string of the molecule is Cc1cc(CS(=O)(=O)O)c2ccc3c(CS(=O)(=O)O)cc(C)nc3c2n1. The molecule has 0 spiro atoms. The molecule has 0 amide bonds. The van der Waals surface area contributed by atoms with Crippen molar-refractivity contribution in [1.82, 2.24) is 9.97 Å². The van der Waals surface area contributed by atoms with Gasteiger partial charge >= 0.3 is 0 Å². The van der Waals surface area contributed by atoms with Gasteiger partial charge in [-0.05, 0) is 37.1 Å². The van der Waals surface area contributed by atoms with Crippen LogP contribution in [-0.2, 0) is 31.7 Å². The van der Waals surface area contributed by atoms with Crippen molar-refractivity contribution in [3.05, 3.63) is 46.8 Å². The first-order valence-electron chi connectivity index (χ1n) is 7.53. The fourth-order valence-electron chi connectivity index (χ4n) is 3.03. The van der Waals surface area contributed by atoms with E-state index < -0.39 is 31.7 Å². The molecule has 0 saturated carbocycles. The highest BCUT2D eigenvalue weighted by molar-refractivity contribution is 7.85. The number of nitrogens with zero attached hydrogens (tertiary/aromatic N) is 2. The van der Waals surface area contributed by atoms with E-state index in [0.29, 0.717) is 44.3 Å². The summed E-state index contributed by atoms with van der Waals surface area (Å²) in [7, 11) is -8.48. The molecule has 0 aliphatic carbocycles. The van der Waals surface area contributed by atoms with E-state index in [1.165, 1.54) is 0 Å². The third-order valence-electron chi connectivity index (χ3n) is 3.86. The summed E-state index contributed by atoms with van der Waals surface area (Å²) in [5.41, 5.74) is 2.61. The molecule has 138 valence electrons. The highest BCUT2D eigenvalue weighted by atomic mass is 32.2. The topological polar surface area (TPSA) is 135 Å². The van der Waals surface area contributed by atoms with Crippen molar-refractivity contribution in [2.24, 2.45) is 0 Å². The Kier molecular flexibility index (Phi) is 4.47. The Morgan fingerprint density at radius 3 is 1.42 bits per heavy atom. The number of rotatable bonds is 4. The molecule has 0 fully saturated rings. The summed E-state index contributed by atoms with van der Waals surface area (Å²) in [5, 5.41) is 0.994. The average molecular weight is 396 g/mol. The van der Waals surface area contributed by atoms with E-state index in [1.54, 1.807) is 38.1 Å². The number of aromatic nitrogens is 2. The molecule has 10 heteroatoms. The third kappa shape index (κ3) is 3.98. The van der Waals surface area contributed by atoms with Crippen LogP contribution in [0.1, 0.15) is 22.5 Å².